The summed E-state index contributed by atoms with van der Waals surface area (Å²) >= 11 is 0. The Kier molecular flexibility index (Phi) is 5.49. The van der Waals surface area contributed by atoms with Crippen LogP contribution >= 0.6 is 12.4 Å². The number of fused-ring (bicyclic) bond motifs is 1. The minimum absolute atomic E-state index is 0. The van der Waals surface area contributed by atoms with Gasteiger partial charge in [-0.15, -0.1) is 12.4 Å². The second kappa shape index (κ2) is 7.38. The summed E-state index contributed by atoms with van der Waals surface area (Å²) in [6, 6.07) is 5.97. The van der Waals surface area contributed by atoms with E-state index >= 15 is 0 Å². The second-order valence-electron chi connectivity index (χ2n) is 7.37. The Balaban J connectivity index is 0.00000210. The predicted molar refractivity (Wildman–Crippen MR) is 102 cm³/mol. The molecule has 8 nitrogen and oxygen atoms in total. The highest BCUT2D eigenvalue weighted by Crippen LogP contribution is 2.31. The number of benzene rings is 1. The maximum atomic E-state index is 12.8. The Morgan fingerprint density at radius 2 is 1.81 bits per heavy atom. The summed E-state index contributed by atoms with van der Waals surface area (Å²) in [6.45, 7) is 3.68. The molecule has 0 saturated carbocycles. The summed E-state index contributed by atoms with van der Waals surface area (Å²) in [4.78, 5) is 28.6. The predicted octanol–water partition coefficient (Wildman–Crippen LogP) is -0.213. The molecule has 0 spiro atoms. The second-order valence-corrected chi connectivity index (χ2v) is 8.93. The Morgan fingerprint density at radius 3 is 2.44 bits per heavy atom. The van der Waals surface area contributed by atoms with Crippen LogP contribution in [0.2, 0.25) is 0 Å². The van der Waals surface area contributed by atoms with Crippen LogP contribution in [0.25, 0.3) is 0 Å². The summed E-state index contributed by atoms with van der Waals surface area (Å²) in [5.41, 5.74) is 0.458. The van der Waals surface area contributed by atoms with Gasteiger partial charge in [0.15, 0.2) is 0 Å². The molecule has 3 atom stereocenters. The number of nitrogens with one attached hydrogen (secondary N) is 1. The molecular weight excluding hydrogens is 392 g/mol. The summed E-state index contributed by atoms with van der Waals surface area (Å²) in [5.74, 6) is 0.499. The van der Waals surface area contributed by atoms with E-state index in [2.05, 4.69) is 5.32 Å². The van der Waals surface area contributed by atoms with Crippen molar-refractivity contribution < 1.29 is 18.0 Å². The molecule has 0 bridgehead atoms. The quantitative estimate of drug-likeness (QED) is 0.710. The highest BCUT2D eigenvalue weighted by Gasteiger charge is 2.43. The molecule has 4 rings (SSSR count). The van der Waals surface area contributed by atoms with Gasteiger partial charge in [0.25, 0.3) is 0 Å². The average Bonchev–Trinajstić information content (AvgIpc) is 3.27. The van der Waals surface area contributed by atoms with Gasteiger partial charge in [-0.25, -0.2) is 13.6 Å². The third-order valence-electron chi connectivity index (χ3n) is 5.63. The number of hydrogen-bond donors (Lipinski definition) is 2. The number of halogens is 1. The van der Waals surface area contributed by atoms with Gasteiger partial charge in [-0.05, 0) is 30.0 Å². The minimum atomic E-state index is -3.84. The first-order valence-corrected chi connectivity index (χ1v) is 10.3. The first-order chi connectivity index (χ1) is 12.3. The zero-order valence-corrected chi connectivity index (χ0v) is 16.3. The number of carbonyl (C=O) groups is 2. The monoisotopic (exact) mass is 414 g/mol. The van der Waals surface area contributed by atoms with E-state index in [0.717, 1.165) is 26.2 Å². The van der Waals surface area contributed by atoms with Crippen molar-refractivity contribution in [1.29, 1.82) is 0 Å². The Morgan fingerprint density at radius 1 is 1.15 bits per heavy atom. The van der Waals surface area contributed by atoms with Gasteiger partial charge in [0.1, 0.15) is 0 Å². The highest BCUT2D eigenvalue weighted by molar-refractivity contribution is 7.89. The molecule has 3 fully saturated rings. The highest BCUT2D eigenvalue weighted by atomic mass is 35.5. The van der Waals surface area contributed by atoms with Crippen LogP contribution in [0.4, 0.5) is 5.69 Å². The van der Waals surface area contributed by atoms with Crippen LogP contribution in [0.3, 0.4) is 0 Å². The molecule has 2 amide bonds. The Bertz CT molecular complexity index is 850. The van der Waals surface area contributed by atoms with Gasteiger partial charge in [0.05, 0.1) is 10.8 Å². The molecule has 3 saturated heterocycles. The third kappa shape index (κ3) is 3.82. The van der Waals surface area contributed by atoms with Crippen LogP contribution in [0.1, 0.15) is 6.42 Å². The zero-order valence-electron chi connectivity index (χ0n) is 14.7. The maximum absolute atomic E-state index is 12.8. The van der Waals surface area contributed by atoms with Gasteiger partial charge in [0.2, 0.25) is 21.8 Å². The molecular formula is C17H23ClN4O4S. The molecule has 27 heavy (non-hydrogen) atoms. The lowest BCUT2D eigenvalue weighted by Gasteiger charge is -2.22. The van der Waals surface area contributed by atoms with Crippen molar-refractivity contribution in [3.63, 3.8) is 0 Å². The van der Waals surface area contributed by atoms with E-state index < -0.39 is 10.0 Å². The van der Waals surface area contributed by atoms with E-state index in [1.165, 1.54) is 17.0 Å². The van der Waals surface area contributed by atoms with E-state index in [1.54, 1.807) is 12.1 Å². The number of hydrogen-bond acceptors (Lipinski definition) is 5. The number of carbonyl (C=O) groups excluding carboxylic acids is 2. The van der Waals surface area contributed by atoms with Crippen molar-refractivity contribution in [2.75, 3.05) is 37.6 Å². The number of rotatable bonds is 3. The van der Waals surface area contributed by atoms with Crippen molar-refractivity contribution in [2.24, 2.45) is 22.9 Å². The van der Waals surface area contributed by atoms with Gasteiger partial charge in [0, 0.05) is 44.8 Å². The van der Waals surface area contributed by atoms with E-state index in [1.807, 2.05) is 4.90 Å². The number of nitrogens with zero attached hydrogens (tertiary/aromatic N) is 2. The molecule has 1 unspecified atom stereocenters. The van der Waals surface area contributed by atoms with Gasteiger partial charge < -0.3 is 15.1 Å². The number of sulfonamides is 1. The SMILES string of the molecule is Cl.NS(=O)(=O)c1cccc(N2CC(C(=O)N3C[C@H]4CNC[C@H]4C3)CC2=O)c1. The van der Waals surface area contributed by atoms with Gasteiger partial charge in [-0.3, -0.25) is 9.59 Å². The van der Waals surface area contributed by atoms with Crippen molar-refractivity contribution in [3.8, 4) is 0 Å². The number of amides is 2. The van der Waals surface area contributed by atoms with E-state index in [4.69, 9.17) is 5.14 Å². The van der Waals surface area contributed by atoms with Crippen LogP contribution in [0.15, 0.2) is 29.2 Å². The molecule has 3 aliphatic heterocycles. The van der Waals surface area contributed by atoms with E-state index in [9.17, 15) is 18.0 Å². The normalized spacial score (nSPS) is 27.6. The van der Waals surface area contributed by atoms with Crippen molar-refractivity contribution in [1.82, 2.24) is 10.2 Å². The topological polar surface area (TPSA) is 113 Å². The molecule has 0 aliphatic carbocycles. The Labute approximate surface area is 164 Å². The van der Waals surface area contributed by atoms with Gasteiger partial charge >= 0.3 is 0 Å². The summed E-state index contributed by atoms with van der Waals surface area (Å²) in [7, 11) is -3.84. The summed E-state index contributed by atoms with van der Waals surface area (Å²) < 4.78 is 23.1. The zero-order chi connectivity index (χ0) is 18.5. The molecule has 10 heteroatoms. The largest absolute Gasteiger partial charge is 0.342 e. The van der Waals surface area contributed by atoms with Crippen molar-refractivity contribution >= 4 is 39.9 Å². The third-order valence-corrected chi connectivity index (χ3v) is 6.54. The van der Waals surface area contributed by atoms with Crippen LogP contribution in [-0.4, -0.2) is 57.9 Å². The Hall–Kier alpha value is -1.68. The number of likely N-dealkylation sites (tertiary alicyclic amines) is 1. The number of nitrogens with two attached hydrogens (primary N) is 1. The number of anilines is 1. The lowest BCUT2D eigenvalue weighted by Crippen LogP contribution is -2.37. The van der Waals surface area contributed by atoms with Crippen molar-refractivity contribution in [2.45, 2.75) is 11.3 Å². The molecule has 3 N–H and O–H groups in total. The van der Waals surface area contributed by atoms with E-state index in [-0.39, 0.29) is 48.0 Å². The lowest BCUT2D eigenvalue weighted by molar-refractivity contribution is -0.135. The van der Waals surface area contributed by atoms with Crippen LogP contribution in [0.5, 0.6) is 0 Å². The van der Waals surface area contributed by atoms with Gasteiger partial charge in [-0.2, -0.15) is 0 Å². The molecule has 3 aliphatic rings. The first kappa shape index (κ1) is 20.1. The first-order valence-electron chi connectivity index (χ1n) is 8.75. The maximum Gasteiger partial charge on any atom is 0.238 e. The van der Waals surface area contributed by atoms with E-state index in [0.29, 0.717) is 17.5 Å². The minimum Gasteiger partial charge on any atom is -0.342 e. The van der Waals surface area contributed by atoms with Crippen LogP contribution < -0.4 is 15.4 Å². The number of primary sulfonamides is 1. The molecule has 0 aromatic heterocycles. The fraction of sp³-hybridized carbons (Fsp3) is 0.529. The summed E-state index contributed by atoms with van der Waals surface area (Å²) in [5, 5.41) is 8.51. The standard InChI is InChI=1S/C17H22N4O4S.ClH/c18-26(24,25)15-3-1-2-14(5-15)21-10-11(4-16(21)22)17(23)20-8-12-6-19-7-13(12)9-20;/h1-3,5,11-13,19H,4,6-10H2,(H2,18,24,25);1H/t11?,12-,13+;. The fourth-order valence-corrected chi connectivity index (χ4v) is 4.80. The van der Waals surface area contributed by atoms with Gasteiger partial charge in [-0.1, -0.05) is 6.07 Å². The van der Waals surface area contributed by atoms with Crippen LogP contribution in [0, 0.1) is 17.8 Å². The molecule has 0 radical (unpaired) electrons. The molecule has 3 heterocycles. The molecule has 1 aromatic rings. The fourth-order valence-electron chi connectivity index (χ4n) is 4.24. The van der Waals surface area contributed by atoms with Crippen LogP contribution in [-0.2, 0) is 19.6 Å². The lowest BCUT2D eigenvalue weighted by atomic mass is 10.0. The smallest absolute Gasteiger partial charge is 0.238 e. The average molecular weight is 415 g/mol. The molecule has 1 aromatic carbocycles. The van der Waals surface area contributed by atoms with Crippen molar-refractivity contribution in [3.05, 3.63) is 24.3 Å². The molecule has 148 valence electrons. The summed E-state index contributed by atoms with van der Waals surface area (Å²) in [6.07, 6.45) is 0.155.